The van der Waals surface area contributed by atoms with Gasteiger partial charge in [0.15, 0.2) is 9.84 Å². The van der Waals surface area contributed by atoms with Crippen molar-refractivity contribution in [2.75, 3.05) is 18.1 Å². The Morgan fingerprint density at radius 2 is 2.06 bits per heavy atom. The van der Waals surface area contributed by atoms with Gasteiger partial charge >= 0.3 is 0 Å². The standard InChI is InChI=1S/C10H17NO5S/c1-8(12)7-11-9(13)6-10(16-11)2-4-17(14,15)5-3-10/h8,12H,2-7H2,1H3. The molecule has 2 aliphatic heterocycles. The molecule has 0 aliphatic carbocycles. The van der Waals surface area contributed by atoms with E-state index in [0.717, 1.165) is 0 Å². The van der Waals surface area contributed by atoms with E-state index >= 15 is 0 Å². The fourth-order valence-corrected chi connectivity index (χ4v) is 3.81. The van der Waals surface area contributed by atoms with Crippen LogP contribution in [0.1, 0.15) is 26.2 Å². The third-order valence-electron chi connectivity index (χ3n) is 3.22. The highest BCUT2D eigenvalue weighted by Crippen LogP contribution is 2.37. The van der Waals surface area contributed by atoms with E-state index in [4.69, 9.17) is 4.84 Å². The first-order valence-corrected chi connectivity index (χ1v) is 7.52. The minimum atomic E-state index is -2.96. The monoisotopic (exact) mass is 263 g/mol. The largest absolute Gasteiger partial charge is 0.391 e. The first-order valence-electron chi connectivity index (χ1n) is 5.70. The Morgan fingerprint density at radius 3 is 2.59 bits per heavy atom. The molecule has 1 spiro atoms. The molecule has 1 amide bonds. The molecular weight excluding hydrogens is 246 g/mol. The lowest BCUT2D eigenvalue weighted by Gasteiger charge is -2.31. The van der Waals surface area contributed by atoms with Crippen LogP contribution in [0, 0.1) is 0 Å². The van der Waals surface area contributed by atoms with Crippen LogP contribution >= 0.6 is 0 Å². The zero-order chi connectivity index (χ0) is 12.7. The maximum atomic E-state index is 11.7. The van der Waals surface area contributed by atoms with E-state index in [9.17, 15) is 18.3 Å². The third kappa shape index (κ3) is 2.78. The molecule has 0 aromatic heterocycles. The van der Waals surface area contributed by atoms with Gasteiger partial charge < -0.3 is 5.11 Å². The van der Waals surface area contributed by atoms with Crippen LogP contribution in [0.5, 0.6) is 0 Å². The second-order valence-corrected chi connectivity index (χ2v) is 7.21. The fraction of sp³-hybridized carbons (Fsp3) is 0.900. The number of rotatable bonds is 2. The highest BCUT2D eigenvalue weighted by Gasteiger charge is 2.48. The second kappa shape index (κ2) is 4.22. The molecule has 6 nitrogen and oxygen atoms in total. The first kappa shape index (κ1) is 12.8. The second-order valence-electron chi connectivity index (χ2n) is 4.91. The predicted octanol–water partition coefficient (Wildman–Crippen LogP) is -0.522. The van der Waals surface area contributed by atoms with E-state index in [-0.39, 0.29) is 30.4 Å². The molecule has 0 aromatic rings. The molecule has 2 saturated heterocycles. The van der Waals surface area contributed by atoms with Crippen molar-refractivity contribution < 1.29 is 23.2 Å². The lowest BCUT2D eigenvalue weighted by Crippen LogP contribution is -2.40. The summed E-state index contributed by atoms with van der Waals surface area (Å²) < 4.78 is 22.7. The van der Waals surface area contributed by atoms with E-state index in [0.29, 0.717) is 12.8 Å². The van der Waals surface area contributed by atoms with Crippen molar-refractivity contribution in [1.82, 2.24) is 5.06 Å². The van der Waals surface area contributed by atoms with E-state index < -0.39 is 21.5 Å². The molecule has 2 aliphatic rings. The van der Waals surface area contributed by atoms with Crippen LogP contribution in [0.3, 0.4) is 0 Å². The zero-order valence-corrected chi connectivity index (χ0v) is 10.6. The van der Waals surface area contributed by atoms with Crippen molar-refractivity contribution in [3.8, 4) is 0 Å². The van der Waals surface area contributed by atoms with Crippen LogP contribution in [0.15, 0.2) is 0 Å². The molecule has 1 N–H and O–H groups in total. The number of amides is 1. The maximum absolute atomic E-state index is 11.7. The summed E-state index contributed by atoms with van der Waals surface area (Å²) in [6.45, 7) is 1.71. The lowest BCUT2D eigenvalue weighted by molar-refractivity contribution is -0.208. The van der Waals surface area contributed by atoms with Gasteiger partial charge in [-0.25, -0.2) is 13.5 Å². The van der Waals surface area contributed by atoms with Gasteiger partial charge in [0.2, 0.25) is 5.91 Å². The summed E-state index contributed by atoms with van der Waals surface area (Å²) in [6.07, 6.45) is 0.283. The highest BCUT2D eigenvalue weighted by molar-refractivity contribution is 7.91. The van der Waals surface area contributed by atoms with Gasteiger partial charge in [0.1, 0.15) is 5.60 Å². The number of carbonyl (C=O) groups is 1. The van der Waals surface area contributed by atoms with Gasteiger partial charge in [0.25, 0.3) is 0 Å². The SMILES string of the molecule is CC(O)CN1OC2(CCS(=O)(=O)CC2)CC1=O. The Labute approximate surface area is 100 Å². The van der Waals surface area contributed by atoms with Gasteiger partial charge in [-0.3, -0.25) is 9.63 Å². The Hall–Kier alpha value is -0.660. The number of nitrogens with zero attached hydrogens (tertiary/aromatic N) is 1. The van der Waals surface area contributed by atoms with Crippen LogP contribution in [-0.2, 0) is 19.5 Å². The molecule has 0 radical (unpaired) electrons. The van der Waals surface area contributed by atoms with Crippen LogP contribution in [0.4, 0.5) is 0 Å². The van der Waals surface area contributed by atoms with Crippen LogP contribution in [-0.4, -0.2) is 54.3 Å². The van der Waals surface area contributed by atoms with Crippen molar-refractivity contribution >= 4 is 15.7 Å². The normalized spacial score (nSPS) is 28.6. The summed E-state index contributed by atoms with van der Waals surface area (Å²) in [4.78, 5) is 17.3. The van der Waals surface area contributed by atoms with Crippen LogP contribution in [0.25, 0.3) is 0 Å². The van der Waals surface area contributed by atoms with Crippen molar-refractivity contribution in [2.45, 2.75) is 37.9 Å². The average molecular weight is 263 g/mol. The molecule has 0 saturated carbocycles. The smallest absolute Gasteiger partial charge is 0.249 e. The molecule has 2 heterocycles. The molecule has 0 aromatic carbocycles. The fourth-order valence-electron chi connectivity index (χ4n) is 2.24. The summed E-state index contributed by atoms with van der Waals surface area (Å²) in [7, 11) is -2.96. The van der Waals surface area contributed by atoms with E-state index in [1.165, 1.54) is 5.06 Å². The first-order chi connectivity index (χ1) is 7.82. The van der Waals surface area contributed by atoms with Gasteiger partial charge in [0.05, 0.1) is 30.6 Å². The average Bonchev–Trinajstić information content (AvgIpc) is 2.49. The number of aliphatic hydroxyl groups excluding tert-OH is 1. The molecule has 1 unspecified atom stereocenters. The van der Waals surface area contributed by atoms with Gasteiger partial charge in [-0.1, -0.05) is 0 Å². The molecular formula is C10H17NO5S. The number of sulfone groups is 1. The summed E-state index contributed by atoms with van der Waals surface area (Å²) in [6, 6.07) is 0. The van der Waals surface area contributed by atoms with Gasteiger partial charge in [-0.2, -0.15) is 0 Å². The van der Waals surface area contributed by atoms with Crippen LogP contribution in [0.2, 0.25) is 0 Å². The number of aliphatic hydroxyl groups is 1. The van der Waals surface area contributed by atoms with Gasteiger partial charge in [0, 0.05) is 0 Å². The number of carbonyl (C=O) groups excluding carboxylic acids is 1. The predicted molar refractivity (Wildman–Crippen MR) is 59.7 cm³/mol. The summed E-state index contributed by atoms with van der Waals surface area (Å²) in [5, 5.41) is 10.4. The van der Waals surface area contributed by atoms with Gasteiger partial charge in [-0.05, 0) is 19.8 Å². The minimum absolute atomic E-state index is 0.0722. The van der Waals surface area contributed by atoms with Crippen molar-refractivity contribution in [3.63, 3.8) is 0 Å². The number of hydrogen-bond acceptors (Lipinski definition) is 5. The van der Waals surface area contributed by atoms with Crippen LogP contribution < -0.4 is 0 Å². The van der Waals surface area contributed by atoms with Gasteiger partial charge in [-0.15, -0.1) is 0 Å². The Kier molecular flexibility index (Phi) is 3.17. The van der Waals surface area contributed by atoms with E-state index in [1.54, 1.807) is 6.92 Å². The Morgan fingerprint density at radius 1 is 1.47 bits per heavy atom. The van der Waals surface area contributed by atoms with Crippen molar-refractivity contribution in [1.29, 1.82) is 0 Å². The molecule has 0 bridgehead atoms. The molecule has 2 rings (SSSR count). The number of hydrogen-bond donors (Lipinski definition) is 1. The maximum Gasteiger partial charge on any atom is 0.249 e. The van der Waals surface area contributed by atoms with E-state index in [2.05, 4.69) is 0 Å². The summed E-state index contributed by atoms with van der Waals surface area (Å²) in [5.41, 5.74) is -0.655. The quantitative estimate of drug-likeness (QED) is 0.724. The summed E-state index contributed by atoms with van der Waals surface area (Å²) in [5.74, 6) is -0.0313. The molecule has 1 atom stereocenters. The zero-order valence-electron chi connectivity index (χ0n) is 9.76. The Bertz CT molecular complexity index is 402. The molecule has 2 fully saturated rings. The Balaban J connectivity index is 2.03. The third-order valence-corrected chi connectivity index (χ3v) is 4.88. The molecule has 98 valence electrons. The van der Waals surface area contributed by atoms with Crippen molar-refractivity contribution in [2.24, 2.45) is 0 Å². The molecule has 17 heavy (non-hydrogen) atoms. The topological polar surface area (TPSA) is 83.9 Å². The minimum Gasteiger partial charge on any atom is -0.391 e. The van der Waals surface area contributed by atoms with Crippen molar-refractivity contribution in [3.05, 3.63) is 0 Å². The number of hydroxylamine groups is 2. The highest BCUT2D eigenvalue weighted by atomic mass is 32.2. The summed E-state index contributed by atoms with van der Waals surface area (Å²) >= 11 is 0. The lowest BCUT2D eigenvalue weighted by atomic mass is 9.93. The molecule has 7 heteroatoms. The van der Waals surface area contributed by atoms with E-state index in [1.807, 2.05) is 0 Å². The number of β-amino-alcohol motifs (C(OH)–C–C–N with tert-alkyl or cyclic N) is 1.